The predicted octanol–water partition coefficient (Wildman–Crippen LogP) is 2.07. The molecule has 0 aliphatic heterocycles. The highest BCUT2D eigenvalue weighted by molar-refractivity contribution is 5.96. The summed E-state index contributed by atoms with van der Waals surface area (Å²) in [5.74, 6) is -2.42. The minimum absolute atomic E-state index is 0.165. The Morgan fingerprint density at radius 2 is 2.04 bits per heavy atom. The fourth-order valence-electron chi connectivity index (χ4n) is 3.46. The first-order chi connectivity index (χ1) is 13.2. The van der Waals surface area contributed by atoms with Crippen molar-refractivity contribution in [3.8, 4) is 5.75 Å². The van der Waals surface area contributed by atoms with Crippen molar-refractivity contribution in [2.45, 2.75) is 32.8 Å². The van der Waals surface area contributed by atoms with E-state index in [1.54, 1.807) is 31.2 Å². The van der Waals surface area contributed by atoms with Crippen molar-refractivity contribution in [1.82, 2.24) is 0 Å². The van der Waals surface area contributed by atoms with Crippen LogP contribution in [0, 0.1) is 27.9 Å². The quantitative estimate of drug-likeness (QED) is 0.408. The van der Waals surface area contributed by atoms with Gasteiger partial charge in [-0.05, 0) is 25.0 Å². The fraction of sp³-hybridized carbons (Fsp3) is 0.526. The summed E-state index contributed by atoms with van der Waals surface area (Å²) in [6.07, 6.45) is -1.16. The Labute approximate surface area is 162 Å². The second-order valence-electron chi connectivity index (χ2n) is 6.96. The number of methoxy groups -OCH3 is 1. The van der Waals surface area contributed by atoms with Crippen LogP contribution in [0.4, 0.5) is 5.69 Å². The third-order valence-electron chi connectivity index (χ3n) is 4.97. The van der Waals surface area contributed by atoms with Gasteiger partial charge in [-0.2, -0.15) is 0 Å². The van der Waals surface area contributed by atoms with Crippen LogP contribution < -0.4 is 10.1 Å². The normalized spacial score (nSPS) is 22.4. The fourth-order valence-corrected chi connectivity index (χ4v) is 3.46. The van der Waals surface area contributed by atoms with Crippen molar-refractivity contribution in [3.05, 3.63) is 34.4 Å². The van der Waals surface area contributed by atoms with Crippen LogP contribution in [-0.4, -0.2) is 42.3 Å². The molecular weight excluding hydrogens is 368 g/mol. The lowest BCUT2D eigenvalue weighted by molar-refractivity contribution is -0.490. The summed E-state index contributed by atoms with van der Waals surface area (Å²) in [5.41, 5.74) is 0.434. The van der Waals surface area contributed by atoms with E-state index >= 15 is 0 Å². The molecule has 1 fully saturated rings. The van der Waals surface area contributed by atoms with Crippen molar-refractivity contribution in [2.75, 3.05) is 19.0 Å². The minimum Gasteiger partial charge on any atom is -0.495 e. The van der Waals surface area contributed by atoms with Gasteiger partial charge in [-0.3, -0.25) is 24.5 Å². The number of nitrogens with zero attached hydrogens (tertiary/aromatic N) is 1. The molecule has 2 rings (SSSR count). The molecule has 4 atom stereocenters. The van der Waals surface area contributed by atoms with Crippen molar-refractivity contribution >= 4 is 23.3 Å². The zero-order valence-corrected chi connectivity index (χ0v) is 16.0. The first kappa shape index (κ1) is 21.3. The molecule has 0 aromatic heterocycles. The van der Waals surface area contributed by atoms with Crippen molar-refractivity contribution in [3.63, 3.8) is 0 Å². The molecule has 0 unspecified atom stereocenters. The van der Waals surface area contributed by atoms with Crippen LogP contribution in [0.25, 0.3) is 0 Å². The molecular formula is C19H24N2O7. The largest absolute Gasteiger partial charge is 0.495 e. The summed E-state index contributed by atoms with van der Waals surface area (Å²) >= 11 is 0. The summed E-state index contributed by atoms with van der Waals surface area (Å²) in [4.78, 5) is 47.0. The zero-order valence-electron chi connectivity index (χ0n) is 16.0. The lowest BCUT2D eigenvalue weighted by Crippen LogP contribution is -2.32. The second-order valence-corrected chi connectivity index (χ2v) is 6.96. The van der Waals surface area contributed by atoms with E-state index in [0.29, 0.717) is 11.4 Å². The molecule has 28 heavy (non-hydrogen) atoms. The van der Waals surface area contributed by atoms with E-state index < -0.39 is 34.7 Å². The number of amides is 1. The van der Waals surface area contributed by atoms with Crippen LogP contribution >= 0.6 is 0 Å². The minimum atomic E-state index is -1.10. The third kappa shape index (κ3) is 5.28. The maximum atomic E-state index is 12.3. The topological polar surface area (TPSA) is 125 Å². The highest BCUT2D eigenvalue weighted by atomic mass is 16.6. The van der Waals surface area contributed by atoms with Gasteiger partial charge in [0.25, 0.3) is 5.91 Å². The lowest BCUT2D eigenvalue weighted by atomic mass is 9.88. The van der Waals surface area contributed by atoms with E-state index in [0.717, 1.165) is 0 Å². The number of anilines is 1. The molecule has 1 aromatic carbocycles. The Balaban J connectivity index is 1.95. The van der Waals surface area contributed by atoms with Gasteiger partial charge in [-0.1, -0.05) is 19.1 Å². The van der Waals surface area contributed by atoms with Gasteiger partial charge in [0.2, 0.25) is 6.54 Å². The average Bonchev–Trinajstić information content (AvgIpc) is 2.88. The first-order valence-corrected chi connectivity index (χ1v) is 9.00. The summed E-state index contributed by atoms with van der Waals surface area (Å²) < 4.78 is 10.3. The Morgan fingerprint density at radius 1 is 1.36 bits per heavy atom. The van der Waals surface area contributed by atoms with Crippen LogP contribution in [-0.2, 0) is 19.1 Å². The van der Waals surface area contributed by atoms with Crippen molar-refractivity contribution < 1.29 is 28.8 Å². The summed E-state index contributed by atoms with van der Waals surface area (Å²) in [6, 6.07) is 6.79. The number of carbonyl (C=O) groups is 3. The molecule has 0 saturated heterocycles. The highest BCUT2D eigenvalue weighted by Crippen LogP contribution is 2.36. The number of nitrogens with one attached hydrogen (secondary N) is 1. The van der Waals surface area contributed by atoms with E-state index in [1.807, 2.05) is 0 Å². The number of ketones is 1. The third-order valence-corrected chi connectivity index (χ3v) is 4.97. The summed E-state index contributed by atoms with van der Waals surface area (Å²) in [5, 5.41) is 13.5. The highest BCUT2D eigenvalue weighted by Gasteiger charge is 2.44. The number of hydrogen-bond donors (Lipinski definition) is 1. The maximum Gasteiger partial charge on any atom is 0.307 e. The van der Waals surface area contributed by atoms with Gasteiger partial charge < -0.3 is 14.8 Å². The van der Waals surface area contributed by atoms with Gasteiger partial charge in [0, 0.05) is 23.2 Å². The van der Waals surface area contributed by atoms with Gasteiger partial charge in [-0.25, -0.2) is 0 Å². The SMILES string of the molecule is COc1ccccc1NC(=O)[C@H](C)OC(=O)C[C@@H]1C(=O)C[C@H](C)[C@H]1C[N+](=O)[O-]. The first-order valence-electron chi connectivity index (χ1n) is 9.00. The number of esters is 1. The van der Waals surface area contributed by atoms with Crippen LogP contribution in [0.2, 0.25) is 0 Å². The number of nitro groups is 1. The lowest BCUT2D eigenvalue weighted by Gasteiger charge is -2.19. The molecule has 1 aliphatic rings. The monoisotopic (exact) mass is 392 g/mol. The van der Waals surface area contributed by atoms with E-state index in [-0.39, 0.29) is 31.1 Å². The number of Topliss-reactive ketones (excluding diaryl/α,β-unsaturated/α-hetero) is 1. The Hall–Kier alpha value is -2.97. The average molecular weight is 392 g/mol. The van der Waals surface area contributed by atoms with E-state index in [1.165, 1.54) is 14.0 Å². The number of rotatable bonds is 8. The van der Waals surface area contributed by atoms with Gasteiger partial charge >= 0.3 is 5.97 Å². The second kappa shape index (κ2) is 9.29. The molecule has 1 saturated carbocycles. The summed E-state index contributed by atoms with van der Waals surface area (Å²) in [6.45, 7) is 2.81. The molecule has 0 radical (unpaired) electrons. The molecule has 0 heterocycles. The van der Waals surface area contributed by atoms with Crippen LogP contribution in [0.5, 0.6) is 5.75 Å². The van der Waals surface area contributed by atoms with Crippen LogP contribution in [0.15, 0.2) is 24.3 Å². The number of carbonyl (C=O) groups excluding carboxylic acids is 3. The molecule has 1 amide bonds. The number of benzene rings is 1. The van der Waals surface area contributed by atoms with Crippen molar-refractivity contribution in [1.29, 1.82) is 0 Å². The Kier molecular flexibility index (Phi) is 7.08. The molecule has 152 valence electrons. The molecule has 0 bridgehead atoms. The molecule has 9 nitrogen and oxygen atoms in total. The molecule has 0 spiro atoms. The number of hydrogen-bond acceptors (Lipinski definition) is 7. The smallest absolute Gasteiger partial charge is 0.307 e. The number of para-hydroxylation sites is 2. The van der Waals surface area contributed by atoms with E-state index in [2.05, 4.69) is 5.32 Å². The van der Waals surface area contributed by atoms with E-state index in [4.69, 9.17) is 9.47 Å². The Morgan fingerprint density at radius 3 is 2.68 bits per heavy atom. The maximum absolute atomic E-state index is 12.3. The molecule has 1 N–H and O–H groups in total. The van der Waals surface area contributed by atoms with Gasteiger partial charge in [0.05, 0.1) is 19.2 Å². The molecule has 9 heteroatoms. The molecule has 1 aliphatic carbocycles. The van der Waals surface area contributed by atoms with Crippen LogP contribution in [0.1, 0.15) is 26.7 Å². The van der Waals surface area contributed by atoms with Crippen LogP contribution in [0.3, 0.4) is 0 Å². The van der Waals surface area contributed by atoms with E-state index in [9.17, 15) is 24.5 Å². The number of ether oxygens (including phenoxy) is 2. The van der Waals surface area contributed by atoms with Gasteiger partial charge in [0.15, 0.2) is 6.10 Å². The van der Waals surface area contributed by atoms with Gasteiger partial charge in [-0.15, -0.1) is 0 Å². The van der Waals surface area contributed by atoms with Gasteiger partial charge in [0.1, 0.15) is 11.5 Å². The van der Waals surface area contributed by atoms with Crippen molar-refractivity contribution in [2.24, 2.45) is 17.8 Å². The Bertz CT molecular complexity index is 764. The predicted molar refractivity (Wildman–Crippen MR) is 99.4 cm³/mol. The molecule has 1 aromatic rings. The zero-order chi connectivity index (χ0) is 20.8. The standard InChI is InChI=1S/C19H24N2O7/c1-11-8-16(22)13(14(11)10-21(25)26)9-18(23)28-12(2)19(24)20-15-6-4-5-7-17(15)27-3/h4-7,11-14H,8-10H2,1-3H3,(H,20,24)/t11-,12-,13-,14+/m0/s1. The summed E-state index contributed by atoms with van der Waals surface area (Å²) in [7, 11) is 1.47.